The second-order valence-electron chi connectivity index (χ2n) is 8.26. The number of nitrogens with zero attached hydrogens (tertiary/aromatic N) is 4. The van der Waals surface area contributed by atoms with Gasteiger partial charge in [0.15, 0.2) is 0 Å². The molecule has 0 aromatic heterocycles. The fourth-order valence-corrected chi connectivity index (χ4v) is 4.48. The minimum atomic E-state index is -0.373. The summed E-state index contributed by atoms with van der Waals surface area (Å²) in [6.07, 6.45) is 0.963. The molecule has 2 heterocycles. The van der Waals surface area contributed by atoms with Crippen LogP contribution in [0.5, 0.6) is 0 Å². The summed E-state index contributed by atoms with van der Waals surface area (Å²) in [7, 11) is 2.15. The van der Waals surface area contributed by atoms with Crippen molar-refractivity contribution in [2.24, 2.45) is 0 Å². The fraction of sp³-hybridized carbons (Fsp3) is 0.545. The summed E-state index contributed by atoms with van der Waals surface area (Å²) >= 11 is 6.11. The summed E-state index contributed by atoms with van der Waals surface area (Å²) in [4.78, 5) is 33.5. The van der Waals surface area contributed by atoms with Crippen LogP contribution in [0.3, 0.4) is 0 Å². The molecule has 0 saturated carbocycles. The van der Waals surface area contributed by atoms with E-state index in [1.807, 2.05) is 29.2 Å². The quantitative estimate of drug-likeness (QED) is 0.524. The lowest BCUT2D eigenvalue weighted by atomic mass is 10.1. The minimum Gasteiger partial charge on any atom is -0.380 e. The zero-order valence-corrected chi connectivity index (χ0v) is 18.3. The first kappa shape index (κ1) is 21.2. The molecular weight excluding hydrogens is 402 g/mol. The molecule has 162 valence electrons. The Morgan fingerprint density at radius 1 is 0.933 bits per heavy atom. The van der Waals surface area contributed by atoms with Crippen LogP contribution in [-0.4, -0.2) is 82.3 Å². The molecule has 7 nitrogen and oxygen atoms in total. The van der Waals surface area contributed by atoms with Gasteiger partial charge in [0.2, 0.25) is 0 Å². The number of nitrogens with one attached hydrogen (secondary N) is 1. The summed E-state index contributed by atoms with van der Waals surface area (Å²) in [5.41, 5.74) is 1.45. The van der Waals surface area contributed by atoms with Gasteiger partial charge in [0.25, 0.3) is 10.9 Å². The van der Waals surface area contributed by atoms with Crippen LogP contribution in [0.2, 0.25) is 5.02 Å². The molecule has 4 rings (SSSR count). The number of rotatable bonds is 7. The van der Waals surface area contributed by atoms with Gasteiger partial charge in [-0.05, 0) is 38.2 Å². The van der Waals surface area contributed by atoms with E-state index in [9.17, 15) is 9.59 Å². The number of halogens is 1. The van der Waals surface area contributed by atoms with Gasteiger partial charge < -0.3 is 24.9 Å². The number of hydrogen-bond donors (Lipinski definition) is 1. The van der Waals surface area contributed by atoms with Gasteiger partial charge in [0.05, 0.1) is 0 Å². The van der Waals surface area contributed by atoms with Gasteiger partial charge in [-0.25, -0.2) is 0 Å². The van der Waals surface area contributed by atoms with Crippen molar-refractivity contribution in [2.45, 2.75) is 6.42 Å². The normalized spacial score (nSPS) is 18.9. The molecule has 2 aliphatic heterocycles. The first-order valence-electron chi connectivity index (χ1n) is 10.8. The van der Waals surface area contributed by atoms with Crippen molar-refractivity contribution in [2.75, 3.05) is 87.6 Å². The van der Waals surface area contributed by atoms with Gasteiger partial charge >= 0.3 is 0 Å². The van der Waals surface area contributed by atoms with Gasteiger partial charge in [-0.15, -0.1) is 0 Å². The van der Waals surface area contributed by atoms with Gasteiger partial charge in [-0.3, -0.25) is 9.59 Å². The molecule has 2 aliphatic rings. The number of hydrogen-bond acceptors (Lipinski definition) is 7. The lowest BCUT2D eigenvalue weighted by molar-refractivity contribution is 0.154. The van der Waals surface area contributed by atoms with Crippen LogP contribution in [-0.2, 0) is 0 Å². The Bertz CT molecular complexity index is 926. The summed E-state index contributed by atoms with van der Waals surface area (Å²) < 4.78 is 0. The second kappa shape index (κ2) is 9.37. The molecule has 2 saturated heterocycles. The van der Waals surface area contributed by atoms with E-state index in [-0.39, 0.29) is 10.9 Å². The number of piperazine rings is 2. The van der Waals surface area contributed by atoms with E-state index in [1.165, 1.54) is 0 Å². The molecule has 0 aliphatic carbocycles. The van der Waals surface area contributed by atoms with Crippen molar-refractivity contribution in [3.63, 3.8) is 0 Å². The smallest absolute Gasteiger partial charge is 0.253 e. The van der Waals surface area contributed by atoms with Crippen molar-refractivity contribution in [3.05, 3.63) is 49.7 Å². The van der Waals surface area contributed by atoms with Crippen LogP contribution in [0.1, 0.15) is 6.42 Å². The van der Waals surface area contributed by atoms with E-state index in [0.29, 0.717) is 31.0 Å². The Balaban J connectivity index is 1.28. The predicted molar refractivity (Wildman–Crippen MR) is 124 cm³/mol. The van der Waals surface area contributed by atoms with Gasteiger partial charge in [-0.1, -0.05) is 17.7 Å². The molecule has 30 heavy (non-hydrogen) atoms. The molecule has 0 unspecified atom stereocenters. The van der Waals surface area contributed by atoms with Gasteiger partial charge in [0, 0.05) is 69.6 Å². The van der Waals surface area contributed by atoms with Crippen molar-refractivity contribution in [1.29, 1.82) is 0 Å². The van der Waals surface area contributed by atoms with Gasteiger partial charge in [-0.2, -0.15) is 0 Å². The van der Waals surface area contributed by atoms with Crippen LogP contribution in [0, 0.1) is 0 Å². The molecule has 2 aromatic carbocycles. The minimum absolute atomic E-state index is 0.354. The molecular formula is C22H30ClN5O2. The van der Waals surface area contributed by atoms with Crippen LogP contribution in [0.25, 0.3) is 0 Å². The average Bonchev–Trinajstić information content (AvgIpc) is 2.77. The maximum atomic E-state index is 12.2. The third-order valence-corrected chi connectivity index (χ3v) is 6.44. The summed E-state index contributed by atoms with van der Waals surface area (Å²) in [6.45, 7) is 9.16. The molecule has 2 aromatic rings. The molecule has 0 amide bonds. The monoisotopic (exact) mass is 431 g/mol. The van der Waals surface area contributed by atoms with Crippen molar-refractivity contribution >= 4 is 28.7 Å². The Hall–Kier alpha value is -2.09. The zero-order valence-electron chi connectivity index (χ0n) is 17.6. The average molecular weight is 432 g/mol. The first-order chi connectivity index (χ1) is 14.5. The van der Waals surface area contributed by atoms with Crippen molar-refractivity contribution in [3.8, 4) is 0 Å². The molecule has 2 fully saturated rings. The number of benzene rings is 1. The molecule has 8 heteroatoms. The Kier molecular flexibility index (Phi) is 6.61. The predicted octanol–water partition coefficient (Wildman–Crippen LogP) is 1.31. The highest BCUT2D eigenvalue weighted by molar-refractivity contribution is 6.30. The summed E-state index contributed by atoms with van der Waals surface area (Å²) in [6, 6.07) is 7.82. The maximum Gasteiger partial charge on any atom is 0.253 e. The Morgan fingerprint density at radius 3 is 2.33 bits per heavy atom. The first-order valence-corrected chi connectivity index (χ1v) is 11.1. The molecule has 1 N–H and O–H groups in total. The molecule has 0 radical (unpaired) electrons. The zero-order chi connectivity index (χ0) is 21.1. The van der Waals surface area contributed by atoms with Crippen molar-refractivity contribution in [1.82, 2.24) is 9.80 Å². The molecule has 0 spiro atoms. The third kappa shape index (κ3) is 4.63. The van der Waals surface area contributed by atoms with Crippen LogP contribution in [0.4, 0.5) is 17.1 Å². The van der Waals surface area contributed by atoms with Crippen LogP contribution >= 0.6 is 11.6 Å². The fourth-order valence-electron chi connectivity index (χ4n) is 4.29. The lowest BCUT2D eigenvalue weighted by Crippen LogP contribution is -2.51. The standard InChI is InChI=1S/C22H30ClN5O2/c1-25-8-10-26(11-9-25)7-3-6-24-19-20(22(30)21(19)29)28-14-12-27(13-15-28)18-5-2-4-17(23)16-18/h2,4-5,16,24H,3,6-15H2,1H3. The Labute approximate surface area is 182 Å². The number of anilines is 3. The lowest BCUT2D eigenvalue weighted by Gasteiger charge is -2.38. The highest BCUT2D eigenvalue weighted by Gasteiger charge is 2.28. The third-order valence-electron chi connectivity index (χ3n) is 6.20. The number of likely N-dealkylation sites (N-methyl/N-ethyl adjacent to an activating group) is 1. The summed E-state index contributed by atoms with van der Waals surface area (Å²) in [5, 5.41) is 3.97. The highest BCUT2D eigenvalue weighted by Crippen LogP contribution is 2.25. The van der Waals surface area contributed by atoms with E-state index in [1.54, 1.807) is 0 Å². The summed E-state index contributed by atoms with van der Waals surface area (Å²) in [5.74, 6) is 0. The second-order valence-corrected chi connectivity index (χ2v) is 8.70. The van der Waals surface area contributed by atoms with E-state index < -0.39 is 0 Å². The molecule has 0 bridgehead atoms. The topological polar surface area (TPSA) is 59.1 Å². The van der Waals surface area contributed by atoms with Crippen LogP contribution < -0.4 is 26.0 Å². The maximum absolute atomic E-state index is 12.2. The van der Waals surface area contributed by atoms with E-state index in [4.69, 9.17) is 11.6 Å². The van der Waals surface area contributed by atoms with Crippen molar-refractivity contribution < 1.29 is 0 Å². The van der Waals surface area contributed by atoms with Crippen LogP contribution in [0.15, 0.2) is 33.9 Å². The SMILES string of the molecule is CN1CCN(CCCNc2c(N3CCN(c4cccc(Cl)c4)CC3)c(=O)c2=O)CC1. The molecule has 0 atom stereocenters. The van der Waals surface area contributed by atoms with E-state index >= 15 is 0 Å². The Morgan fingerprint density at radius 2 is 1.63 bits per heavy atom. The van der Waals surface area contributed by atoms with Gasteiger partial charge in [0.1, 0.15) is 11.4 Å². The highest BCUT2D eigenvalue weighted by atomic mass is 35.5. The van der Waals surface area contributed by atoms with E-state index in [0.717, 1.165) is 62.9 Å². The largest absolute Gasteiger partial charge is 0.380 e. The van der Waals surface area contributed by atoms with E-state index in [2.05, 4.69) is 27.1 Å².